The molecule has 0 rings (SSSR count). The second-order valence-corrected chi connectivity index (χ2v) is 6.00. The summed E-state index contributed by atoms with van der Waals surface area (Å²) in [4.78, 5) is 23.8. The maximum atomic E-state index is 7.94. The van der Waals surface area contributed by atoms with Crippen LogP contribution in [0.15, 0.2) is 0 Å². The predicted octanol–water partition coefficient (Wildman–Crippen LogP) is 2.47. The molecule has 0 saturated heterocycles. The van der Waals surface area contributed by atoms with Crippen molar-refractivity contribution < 1.29 is 14.7 Å². The van der Waals surface area contributed by atoms with Crippen molar-refractivity contribution >= 4 is 8.09 Å². The SMILES string of the molecule is CCCCC(C)(C)CC.CN[P+](O)(O)O. The van der Waals surface area contributed by atoms with Gasteiger partial charge in [0.2, 0.25) is 0 Å². The van der Waals surface area contributed by atoms with E-state index in [1.165, 1.54) is 32.7 Å². The summed E-state index contributed by atoms with van der Waals surface area (Å²) >= 11 is 0. The fraction of sp³-hybridized carbons (Fsp3) is 1.00. The Labute approximate surface area is 94.4 Å². The minimum Gasteiger partial charge on any atom is -0.178 e. The molecule has 0 radical (unpaired) electrons. The van der Waals surface area contributed by atoms with E-state index in [1.807, 2.05) is 5.09 Å². The lowest BCUT2D eigenvalue weighted by atomic mass is 9.85. The van der Waals surface area contributed by atoms with Gasteiger partial charge in [-0.25, -0.2) is 0 Å². The van der Waals surface area contributed by atoms with Gasteiger partial charge in [-0.1, -0.05) is 47.0 Å². The predicted molar refractivity (Wildman–Crippen MR) is 66.2 cm³/mol. The molecular formula is C10H27NO3P+. The maximum Gasteiger partial charge on any atom is 0.493 e. The molecule has 0 unspecified atom stereocenters. The van der Waals surface area contributed by atoms with Gasteiger partial charge in [-0.2, -0.15) is 14.7 Å². The van der Waals surface area contributed by atoms with Crippen LogP contribution >= 0.6 is 8.09 Å². The van der Waals surface area contributed by atoms with Gasteiger partial charge in [-0.15, -0.1) is 5.09 Å². The molecule has 0 fully saturated rings. The summed E-state index contributed by atoms with van der Waals surface area (Å²) in [6.07, 6.45) is 5.43. The van der Waals surface area contributed by atoms with Crippen molar-refractivity contribution in [1.29, 1.82) is 0 Å². The van der Waals surface area contributed by atoms with Gasteiger partial charge in [0.15, 0.2) is 0 Å². The number of hydrogen-bond acceptors (Lipinski definition) is 4. The summed E-state index contributed by atoms with van der Waals surface area (Å²) in [5, 5.41) is 1.88. The molecule has 0 aliphatic carbocycles. The van der Waals surface area contributed by atoms with E-state index >= 15 is 0 Å². The Morgan fingerprint density at radius 1 is 1.13 bits per heavy atom. The Morgan fingerprint density at radius 2 is 1.53 bits per heavy atom. The molecule has 0 aliphatic heterocycles. The lowest BCUT2D eigenvalue weighted by molar-refractivity contribution is 0.311. The second kappa shape index (κ2) is 8.43. The van der Waals surface area contributed by atoms with E-state index in [9.17, 15) is 0 Å². The maximum absolute atomic E-state index is 7.94. The molecule has 94 valence electrons. The molecule has 0 amide bonds. The zero-order chi connectivity index (χ0) is 12.5. The van der Waals surface area contributed by atoms with Crippen molar-refractivity contribution in [2.24, 2.45) is 5.41 Å². The Morgan fingerprint density at radius 3 is 1.73 bits per heavy atom. The monoisotopic (exact) mass is 240 g/mol. The number of nitrogens with one attached hydrogen (secondary N) is 1. The molecular weight excluding hydrogens is 213 g/mol. The average Bonchev–Trinajstić information content (AvgIpc) is 2.15. The van der Waals surface area contributed by atoms with E-state index in [4.69, 9.17) is 14.7 Å². The minimum atomic E-state index is -3.65. The van der Waals surface area contributed by atoms with Crippen LogP contribution in [0.5, 0.6) is 0 Å². The van der Waals surface area contributed by atoms with Crippen LogP contribution in [0.2, 0.25) is 0 Å². The van der Waals surface area contributed by atoms with Crippen LogP contribution in [0.1, 0.15) is 53.4 Å². The van der Waals surface area contributed by atoms with Crippen LogP contribution in [0.25, 0.3) is 0 Å². The second-order valence-electron chi connectivity index (χ2n) is 4.41. The van der Waals surface area contributed by atoms with E-state index in [0.717, 1.165) is 0 Å². The summed E-state index contributed by atoms with van der Waals surface area (Å²) in [6.45, 7) is 9.23. The zero-order valence-corrected chi connectivity index (χ0v) is 11.5. The molecule has 15 heavy (non-hydrogen) atoms. The highest BCUT2D eigenvalue weighted by molar-refractivity contribution is 7.56. The van der Waals surface area contributed by atoms with Crippen LogP contribution in [0, 0.1) is 5.41 Å². The lowest BCUT2D eigenvalue weighted by Crippen LogP contribution is -2.08. The highest BCUT2D eigenvalue weighted by atomic mass is 31.2. The summed E-state index contributed by atoms with van der Waals surface area (Å²) in [5.41, 5.74) is 0.593. The molecule has 0 aromatic heterocycles. The molecule has 0 heterocycles. The van der Waals surface area contributed by atoms with Gasteiger partial charge in [0.25, 0.3) is 0 Å². The molecule has 0 spiro atoms. The third-order valence-corrected chi connectivity index (χ3v) is 3.06. The quantitative estimate of drug-likeness (QED) is 0.557. The molecule has 0 aromatic carbocycles. The van der Waals surface area contributed by atoms with Crippen LogP contribution in [-0.2, 0) is 0 Å². The van der Waals surface area contributed by atoms with Crippen molar-refractivity contribution in [1.82, 2.24) is 5.09 Å². The first-order chi connectivity index (χ1) is 6.68. The van der Waals surface area contributed by atoms with Crippen molar-refractivity contribution in [2.45, 2.75) is 53.4 Å². The smallest absolute Gasteiger partial charge is 0.178 e. The largest absolute Gasteiger partial charge is 0.493 e. The van der Waals surface area contributed by atoms with Crippen molar-refractivity contribution in [3.05, 3.63) is 0 Å². The first-order valence-corrected chi connectivity index (χ1v) is 7.09. The third kappa shape index (κ3) is 16.9. The van der Waals surface area contributed by atoms with E-state index in [2.05, 4.69) is 27.7 Å². The van der Waals surface area contributed by atoms with E-state index in [0.29, 0.717) is 5.41 Å². The minimum absolute atomic E-state index is 0.593. The first-order valence-electron chi connectivity index (χ1n) is 5.44. The Kier molecular flexibility index (Phi) is 9.92. The average molecular weight is 240 g/mol. The molecule has 0 saturated carbocycles. The molecule has 0 atom stereocenters. The van der Waals surface area contributed by atoms with Gasteiger partial charge in [0, 0.05) is 7.05 Å². The highest BCUT2D eigenvalue weighted by Crippen LogP contribution is 2.37. The normalized spacial score (nSPS) is 12.0. The third-order valence-electron chi connectivity index (χ3n) is 2.46. The van der Waals surface area contributed by atoms with Gasteiger partial charge in [0.1, 0.15) is 0 Å². The fourth-order valence-electron chi connectivity index (χ4n) is 0.832. The standard InChI is InChI=1S/C9H20.CH7NO3P/c1-5-7-8-9(3,4)6-2;1-2-6(3,4)5/h5-8H2,1-4H3;2-5H,1H3/q;+1. The van der Waals surface area contributed by atoms with E-state index < -0.39 is 8.09 Å². The molecule has 0 bridgehead atoms. The lowest BCUT2D eigenvalue weighted by Gasteiger charge is -2.21. The summed E-state index contributed by atoms with van der Waals surface area (Å²) in [6, 6.07) is 0. The van der Waals surface area contributed by atoms with E-state index in [1.54, 1.807) is 0 Å². The topological polar surface area (TPSA) is 72.7 Å². The van der Waals surface area contributed by atoms with Gasteiger partial charge < -0.3 is 0 Å². The summed E-state index contributed by atoms with van der Waals surface area (Å²) in [5.74, 6) is 0. The molecule has 4 N–H and O–H groups in total. The van der Waals surface area contributed by atoms with Crippen LogP contribution in [0.3, 0.4) is 0 Å². The Bertz CT molecular complexity index is 146. The first kappa shape index (κ1) is 17.7. The fourth-order valence-corrected chi connectivity index (χ4v) is 0.832. The van der Waals surface area contributed by atoms with Crippen LogP contribution in [-0.4, -0.2) is 21.7 Å². The van der Waals surface area contributed by atoms with Crippen molar-refractivity contribution in [2.75, 3.05) is 7.05 Å². The highest BCUT2D eigenvalue weighted by Gasteiger charge is 2.25. The number of rotatable bonds is 5. The molecule has 5 heteroatoms. The molecule has 0 aliphatic rings. The van der Waals surface area contributed by atoms with Gasteiger partial charge in [-0.3, -0.25) is 0 Å². The Balaban J connectivity index is 0. The number of hydrogen-bond donors (Lipinski definition) is 4. The molecule has 4 nitrogen and oxygen atoms in total. The zero-order valence-electron chi connectivity index (χ0n) is 10.6. The van der Waals surface area contributed by atoms with Crippen LogP contribution in [0.4, 0.5) is 0 Å². The Hall–Kier alpha value is 0.270. The van der Waals surface area contributed by atoms with E-state index in [-0.39, 0.29) is 0 Å². The van der Waals surface area contributed by atoms with Gasteiger partial charge in [0.05, 0.1) is 0 Å². The number of unbranched alkanes of at least 4 members (excludes halogenated alkanes) is 1. The van der Waals surface area contributed by atoms with Gasteiger partial charge >= 0.3 is 8.09 Å². The summed E-state index contributed by atoms with van der Waals surface area (Å²) < 4.78 is 0. The van der Waals surface area contributed by atoms with Crippen molar-refractivity contribution in [3.8, 4) is 0 Å². The summed E-state index contributed by atoms with van der Waals surface area (Å²) in [7, 11) is -2.39. The molecule has 0 aromatic rings. The van der Waals surface area contributed by atoms with Crippen LogP contribution < -0.4 is 5.09 Å². The van der Waals surface area contributed by atoms with Gasteiger partial charge in [-0.05, 0) is 11.8 Å². The van der Waals surface area contributed by atoms with Crippen molar-refractivity contribution in [3.63, 3.8) is 0 Å².